The van der Waals surface area contributed by atoms with Crippen molar-refractivity contribution < 1.29 is 34.9 Å². The summed E-state index contributed by atoms with van der Waals surface area (Å²) in [5, 5.41) is 8.52. The number of fused-ring (bicyclic) bond motifs is 1. The average molecular weight is 604 g/mol. The predicted molar refractivity (Wildman–Crippen MR) is 156 cm³/mol. The van der Waals surface area contributed by atoms with Gasteiger partial charge in [0.05, 0.1) is 10.2 Å². The van der Waals surface area contributed by atoms with Gasteiger partial charge in [-0.15, -0.1) is 11.3 Å². The van der Waals surface area contributed by atoms with E-state index in [-0.39, 0.29) is 30.5 Å². The Morgan fingerprint density at radius 3 is 1.76 bits per heavy atom. The number of carboxylic acid groups (broad SMARTS) is 1. The second-order valence-electron chi connectivity index (χ2n) is 10.5. The summed E-state index contributed by atoms with van der Waals surface area (Å²) in [6, 6.07) is 8.22. The third-order valence-corrected chi connectivity index (χ3v) is 8.02. The summed E-state index contributed by atoms with van der Waals surface area (Å²) >= 11 is 3.34. The quantitative estimate of drug-likeness (QED) is 0.100. The van der Waals surface area contributed by atoms with E-state index in [1.54, 1.807) is 23.3 Å². The zero-order chi connectivity index (χ0) is 25.8. The second-order valence-corrected chi connectivity index (χ2v) is 12.6. The largest absolute Gasteiger partial charge is 2.00 e. The van der Waals surface area contributed by atoms with E-state index in [0.717, 1.165) is 22.7 Å². The molecule has 0 aliphatic heterocycles. The van der Waals surface area contributed by atoms with E-state index < -0.39 is 5.97 Å². The van der Waals surface area contributed by atoms with Crippen molar-refractivity contribution >= 4 is 39.5 Å². The van der Waals surface area contributed by atoms with Gasteiger partial charge in [-0.05, 0) is 51.3 Å². The van der Waals surface area contributed by atoms with Crippen LogP contribution in [0.25, 0.3) is 10.2 Å². The molecule has 1 aromatic heterocycles. The number of hydrogen-bond acceptors (Lipinski definition) is 5. The minimum absolute atomic E-state index is 0. The normalized spacial score (nSPS) is 10.8. The molecule has 1 aromatic carbocycles. The minimum Gasteiger partial charge on any atom is -2.00 e. The van der Waals surface area contributed by atoms with Crippen LogP contribution in [0.5, 0.6) is 0 Å². The van der Waals surface area contributed by atoms with Gasteiger partial charge in [0.25, 0.3) is 0 Å². The molecule has 0 amide bonds. The molecule has 0 bridgehead atoms. The van der Waals surface area contributed by atoms with Crippen LogP contribution in [-0.4, -0.2) is 21.6 Å². The molecule has 2 rings (SSSR count). The summed E-state index contributed by atoms with van der Waals surface area (Å²) in [6.07, 6.45) is 20.2. The Hall–Kier alpha value is -0.527. The van der Waals surface area contributed by atoms with Crippen molar-refractivity contribution in [2.75, 3.05) is 0 Å². The number of para-hydroxylation sites is 1. The van der Waals surface area contributed by atoms with Gasteiger partial charge in [-0.2, -0.15) is 0 Å². The van der Waals surface area contributed by atoms with Gasteiger partial charge in [0, 0.05) is 12.0 Å². The third kappa shape index (κ3) is 23.1. The molecule has 0 aliphatic rings. The van der Waals surface area contributed by atoms with Gasteiger partial charge in [0.1, 0.15) is 0 Å². The van der Waals surface area contributed by atoms with E-state index in [4.69, 9.17) is 5.11 Å². The van der Waals surface area contributed by atoms with Gasteiger partial charge >= 0.3 is 25.4 Å². The van der Waals surface area contributed by atoms with Crippen molar-refractivity contribution in [3.8, 4) is 0 Å². The van der Waals surface area contributed by atoms with Crippen LogP contribution in [0.3, 0.4) is 0 Å². The number of aliphatic carboxylic acids is 1. The fourth-order valence-corrected chi connectivity index (χ4v) is 5.53. The summed E-state index contributed by atoms with van der Waals surface area (Å²) < 4.78 is 5.68. The van der Waals surface area contributed by atoms with Crippen LogP contribution >= 0.6 is 23.3 Å². The molecule has 0 spiro atoms. The molecule has 208 valence electrons. The molecule has 0 radical (unpaired) electrons. The number of unbranched alkanes of at least 4 members (excludes halogenated alkanes) is 14. The molecule has 0 aliphatic carbocycles. The maximum Gasteiger partial charge on any atom is 2.00 e. The molecular weight excluding hydrogens is 554 g/mol. The molecule has 37 heavy (non-hydrogen) atoms. The Bertz CT molecular complexity index is 764. The van der Waals surface area contributed by atoms with E-state index in [9.17, 15) is 4.79 Å². The molecule has 0 saturated carbocycles. The molecule has 0 atom stereocenters. The van der Waals surface area contributed by atoms with Crippen molar-refractivity contribution in [3.05, 3.63) is 24.3 Å². The molecule has 0 unspecified atom stereocenters. The van der Waals surface area contributed by atoms with Crippen molar-refractivity contribution in [2.24, 2.45) is 0 Å². The average Bonchev–Trinajstić information content (AvgIpc) is 3.23. The van der Waals surface area contributed by atoms with E-state index >= 15 is 0 Å². The van der Waals surface area contributed by atoms with Crippen LogP contribution in [0.1, 0.15) is 130 Å². The predicted octanol–water partition coefficient (Wildman–Crippen LogP) is 9.90. The smallest absolute Gasteiger partial charge is 2.00 e. The van der Waals surface area contributed by atoms with Crippen molar-refractivity contribution in [3.63, 3.8) is 0 Å². The Balaban J connectivity index is 0. The number of nitrogens with zero attached hydrogens (tertiary/aromatic N) is 1. The van der Waals surface area contributed by atoms with Crippen molar-refractivity contribution in [1.82, 2.24) is 9.71 Å². The summed E-state index contributed by atoms with van der Waals surface area (Å²) in [7, 11) is 0. The molecule has 0 saturated heterocycles. The monoisotopic (exact) mass is 602 g/mol. The van der Waals surface area contributed by atoms with Gasteiger partial charge < -0.3 is 10.6 Å². The van der Waals surface area contributed by atoms with E-state index in [2.05, 4.69) is 43.5 Å². The number of aromatic nitrogens is 1. The topological polar surface area (TPSA) is 90.7 Å². The molecule has 5 nitrogen and oxygen atoms in total. The van der Waals surface area contributed by atoms with Crippen LogP contribution in [0.2, 0.25) is 0 Å². The maximum atomic E-state index is 10.3. The number of nitrogens with one attached hydrogen (secondary N) is 1. The number of hydrogen-bond donors (Lipinski definition) is 2. The summed E-state index contributed by atoms with van der Waals surface area (Å²) in [6.45, 7) is 8.71. The number of carbonyl (C=O) groups is 1. The third-order valence-electron chi connectivity index (χ3n) is 5.71. The summed E-state index contributed by atoms with van der Waals surface area (Å²) in [5.41, 5.74) is 1.20. The van der Waals surface area contributed by atoms with Crippen LogP contribution in [0.4, 0.5) is 0 Å². The molecule has 0 fully saturated rings. The Labute approximate surface area is 247 Å². The number of carboxylic acids is 1. The molecule has 2 N–H and O–H groups in total. The number of rotatable bonds is 18. The molecule has 2 aromatic rings. The Kier molecular flexibility index (Phi) is 25.6. The maximum absolute atomic E-state index is 10.3. The fraction of sp³-hybridized carbons (Fsp3) is 0.724. The molecular formula is C29H50N2O3S2Zn. The summed E-state index contributed by atoms with van der Waals surface area (Å²) in [5.74, 6) is -0.653. The fourth-order valence-electron chi connectivity index (χ4n) is 3.74. The molecule has 8 heteroatoms. The van der Waals surface area contributed by atoms with Crippen molar-refractivity contribution in [1.29, 1.82) is 0 Å². The second kappa shape index (κ2) is 24.5. The zero-order valence-electron chi connectivity index (χ0n) is 23.9. The molecule has 1 heterocycles. The first-order valence-electron chi connectivity index (χ1n) is 13.8. The number of benzene rings is 1. The minimum atomic E-state index is -0.653. The number of thiazole rings is 1. The Morgan fingerprint density at radius 1 is 0.865 bits per heavy atom. The van der Waals surface area contributed by atoms with E-state index in [0.29, 0.717) is 6.42 Å². The van der Waals surface area contributed by atoms with E-state index in [1.165, 1.54) is 88.2 Å². The van der Waals surface area contributed by atoms with Crippen LogP contribution < -0.4 is 4.72 Å². The standard InChI is InChI=1S/C18H36O2.C11H14N2S2.O.Zn/c1-2-3-4-5-6-7-8-9-10-11-12-13-14-15-16-17-18(19)20;1-11(2,3)13-15-10-12-8-6-4-5-7-9(8)14-10;;/h2-17H2,1H3,(H,19,20);4-7,13H,1-3H3;;/q;;-2;+2. The first-order valence-corrected chi connectivity index (χ1v) is 15.5. The van der Waals surface area contributed by atoms with E-state index in [1.807, 2.05) is 18.2 Å². The van der Waals surface area contributed by atoms with Gasteiger partial charge in [-0.25, -0.2) is 4.98 Å². The SMILES string of the molecule is CC(C)(C)NSc1nc2ccccc2s1.CCCCCCCCCCCCCCCCCC(=O)O.[O-2].[Zn+2]. The van der Waals surface area contributed by atoms with Gasteiger partial charge in [-0.3, -0.25) is 9.52 Å². The summed E-state index contributed by atoms with van der Waals surface area (Å²) in [4.78, 5) is 14.9. The van der Waals surface area contributed by atoms with Gasteiger partial charge in [-0.1, -0.05) is 109 Å². The first-order chi connectivity index (χ1) is 16.8. The van der Waals surface area contributed by atoms with Crippen LogP contribution in [-0.2, 0) is 29.7 Å². The van der Waals surface area contributed by atoms with Crippen LogP contribution in [0, 0.1) is 0 Å². The Morgan fingerprint density at radius 2 is 1.32 bits per heavy atom. The first kappa shape index (κ1) is 38.6. The van der Waals surface area contributed by atoms with Crippen LogP contribution in [0.15, 0.2) is 28.6 Å². The van der Waals surface area contributed by atoms with Gasteiger partial charge in [0.2, 0.25) is 0 Å². The zero-order valence-corrected chi connectivity index (χ0v) is 28.5. The van der Waals surface area contributed by atoms with Gasteiger partial charge in [0.15, 0.2) is 4.34 Å². The van der Waals surface area contributed by atoms with Crippen molar-refractivity contribution in [2.45, 2.75) is 140 Å².